The summed E-state index contributed by atoms with van der Waals surface area (Å²) in [6, 6.07) is 16.1. The van der Waals surface area contributed by atoms with Crippen molar-refractivity contribution < 1.29 is 9.59 Å². The molecule has 0 bridgehead atoms. The molecule has 1 fully saturated rings. The Morgan fingerprint density at radius 3 is 2.48 bits per heavy atom. The van der Waals surface area contributed by atoms with E-state index in [0.717, 1.165) is 29.8 Å². The van der Waals surface area contributed by atoms with Crippen LogP contribution in [0.25, 0.3) is 0 Å². The number of hydrogen-bond acceptors (Lipinski definition) is 3. The molecule has 154 valence electrons. The van der Waals surface area contributed by atoms with Crippen molar-refractivity contribution in [1.29, 1.82) is 0 Å². The van der Waals surface area contributed by atoms with Gasteiger partial charge in [-0.25, -0.2) is 0 Å². The highest BCUT2D eigenvalue weighted by Gasteiger charge is 2.35. The third kappa shape index (κ3) is 5.41. The number of rotatable bonds is 6. The normalized spacial score (nSPS) is 16.9. The predicted molar refractivity (Wildman–Crippen MR) is 122 cm³/mol. The monoisotopic (exact) mass is 410 g/mol. The highest BCUT2D eigenvalue weighted by molar-refractivity contribution is 8.00. The van der Waals surface area contributed by atoms with Gasteiger partial charge in [-0.05, 0) is 41.2 Å². The molecule has 1 aliphatic rings. The summed E-state index contributed by atoms with van der Waals surface area (Å²) in [6.45, 7) is 8.31. The maximum atomic E-state index is 12.7. The lowest BCUT2D eigenvalue weighted by molar-refractivity contribution is -0.118. The van der Waals surface area contributed by atoms with E-state index in [0.29, 0.717) is 12.2 Å². The van der Waals surface area contributed by atoms with Crippen LogP contribution >= 0.6 is 11.8 Å². The van der Waals surface area contributed by atoms with Gasteiger partial charge >= 0.3 is 0 Å². The molecule has 1 heterocycles. The molecule has 0 aromatic heterocycles. The Morgan fingerprint density at radius 2 is 1.83 bits per heavy atom. The Labute approximate surface area is 178 Å². The molecule has 0 saturated carbocycles. The summed E-state index contributed by atoms with van der Waals surface area (Å²) < 4.78 is 0. The number of hydrogen-bond donors (Lipinski definition) is 1. The van der Waals surface area contributed by atoms with Crippen LogP contribution in [0.5, 0.6) is 0 Å². The quantitative estimate of drug-likeness (QED) is 0.655. The van der Waals surface area contributed by atoms with Crippen LogP contribution in [0.3, 0.4) is 0 Å². The summed E-state index contributed by atoms with van der Waals surface area (Å²) in [5.74, 6) is 0.645. The van der Waals surface area contributed by atoms with Gasteiger partial charge in [0, 0.05) is 17.8 Å². The van der Waals surface area contributed by atoms with Crippen LogP contribution in [0.4, 0.5) is 11.4 Å². The number of carbonyl (C=O) groups is 2. The summed E-state index contributed by atoms with van der Waals surface area (Å²) in [4.78, 5) is 26.8. The average molecular weight is 411 g/mol. The van der Waals surface area contributed by atoms with Gasteiger partial charge in [-0.3, -0.25) is 14.5 Å². The standard InChI is InChI=1S/C24H30N2O2S/c1-5-8-17-9-6-7-10-20(17)26-22(28)16-29-23(26)18-11-13-19(14-12-18)25-21(27)15-24(2,3)4/h6-7,9-14,23H,5,8,15-16H2,1-4H3,(H,25,27). The fourth-order valence-electron chi connectivity index (χ4n) is 3.58. The van der Waals surface area contributed by atoms with Gasteiger partial charge in [0.05, 0.1) is 5.75 Å². The summed E-state index contributed by atoms with van der Waals surface area (Å²) in [5.41, 5.74) is 4.03. The molecule has 5 heteroatoms. The van der Waals surface area contributed by atoms with E-state index >= 15 is 0 Å². The summed E-state index contributed by atoms with van der Waals surface area (Å²) in [6.07, 6.45) is 2.47. The number of anilines is 2. The maximum Gasteiger partial charge on any atom is 0.238 e. The number of carbonyl (C=O) groups excluding carboxylic acids is 2. The fraction of sp³-hybridized carbons (Fsp3) is 0.417. The minimum absolute atomic E-state index is 0.0192. The van der Waals surface area contributed by atoms with E-state index in [4.69, 9.17) is 0 Å². The second-order valence-electron chi connectivity index (χ2n) is 8.71. The number of para-hydroxylation sites is 1. The molecule has 29 heavy (non-hydrogen) atoms. The lowest BCUT2D eigenvalue weighted by Gasteiger charge is -2.26. The zero-order valence-corrected chi connectivity index (χ0v) is 18.5. The number of nitrogens with zero attached hydrogens (tertiary/aromatic N) is 1. The highest BCUT2D eigenvalue weighted by Crippen LogP contribution is 2.43. The highest BCUT2D eigenvalue weighted by atomic mass is 32.2. The third-order valence-electron chi connectivity index (χ3n) is 4.81. The molecular weight excluding hydrogens is 380 g/mol. The van der Waals surface area contributed by atoms with Crippen molar-refractivity contribution in [3.8, 4) is 0 Å². The van der Waals surface area contributed by atoms with Gasteiger partial charge in [0.15, 0.2) is 0 Å². The molecule has 2 amide bonds. The van der Waals surface area contributed by atoms with Gasteiger partial charge in [-0.2, -0.15) is 0 Å². The van der Waals surface area contributed by atoms with Crippen LogP contribution in [-0.4, -0.2) is 17.6 Å². The van der Waals surface area contributed by atoms with Gasteiger partial charge in [-0.1, -0.05) is 64.4 Å². The SMILES string of the molecule is CCCc1ccccc1N1C(=O)CSC1c1ccc(NC(=O)CC(C)(C)C)cc1. The average Bonchev–Trinajstić information content (AvgIpc) is 3.03. The lowest BCUT2D eigenvalue weighted by Crippen LogP contribution is -2.28. The molecule has 1 N–H and O–H groups in total. The summed E-state index contributed by atoms with van der Waals surface area (Å²) in [5, 5.41) is 2.93. The van der Waals surface area contributed by atoms with E-state index in [1.165, 1.54) is 5.56 Å². The van der Waals surface area contributed by atoms with Gasteiger partial charge < -0.3 is 5.32 Å². The molecular formula is C24H30N2O2S. The second-order valence-corrected chi connectivity index (χ2v) is 9.78. The molecule has 0 radical (unpaired) electrons. The lowest BCUT2D eigenvalue weighted by atomic mass is 9.92. The molecule has 1 aliphatic heterocycles. The Bertz CT molecular complexity index is 871. The van der Waals surface area contributed by atoms with E-state index < -0.39 is 0 Å². The molecule has 4 nitrogen and oxygen atoms in total. The first-order valence-corrected chi connectivity index (χ1v) is 11.2. The molecule has 2 aromatic carbocycles. The summed E-state index contributed by atoms with van der Waals surface area (Å²) >= 11 is 1.65. The van der Waals surface area contributed by atoms with E-state index in [9.17, 15) is 9.59 Å². The fourth-order valence-corrected chi connectivity index (χ4v) is 4.74. The Morgan fingerprint density at radius 1 is 1.14 bits per heavy atom. The van der Waals surface area contributed by atoms with E-state index in [-0.39, 0.29) is 22.6 Å². The van der Waals surface area contributed by atoms with Gasteiger partial charge in [-0.15, -0.1) is 11.8 Å². The van der Waals surface area contributed by atoms with Crippen LogP contribution in [0.15, 0.2) is 48.5 Å². The van der Waals surface area contributed by atoms with Crippen LogP contribution in [-0.2, 0) is 16.0 Å². The first kappa shape index (κ1) is 21.4. The molecule has 0 spiro atoms. The topological polar surface area (TPSA) is 49.4 Å². The molecule has 2 aromatic rings. The first-order chi connectivity index (χ1) is 13.8. The number of aryl methyl sites for hydroxylation is 1. The van der Waals surface area contributed by atoms with Crippen LogP contribution in [0.1, 0.15) is 57.0 Å². The van der Waals surface area contributed by atoms with E-state index in [1.54, 1.807) is 11.8 Å². The molecule has 1 unspecified atom stereocenters. The van der Waals surface area contributed by atoms with Crippen LogP contribution in [0.2, 0.25) is 0 Å². The van der Waals surface area contributed by atoms with Gasteiger partial charge in [0.25, 0.3) is 0 Å². The second kappa shape index (κ2) is 9.04. The van der Waals surface area contributed by atoms with Crippen molar-refractivity contribution in [1.82, 2.24) is 0 Å². The van der Waals surface area contributed by atoms with Crippen molar-refractivity contribution >= 4 is 35.0 Å². The molecule has 1 atom stereocenters. The summed E-state index contributed by atoms with van der Waals surface area (Å²) in [7, 11) is 0. The Hall–Kier alpha value is -2.27. The van der Waals surface area contributed by atoms with Crippen molar-refractivity contribution in [3.63, 3.8) is 0 Å². The van der Waals surface area contributed by atoms with Crippen LogP contribution < -0.4 is 10.2 Å². The van der Waals surface area contributed by atoms with Crippen molar-refractivity contribution in [2.24, 2.45) is 5.41 Å². The molecule has 3 rings (SSSR count). The first-order valence-electron chi connectivity index (χ1n) is 10.2. The van der Waals surface area contributed by atoms with E-state index in [1.807, 2.05) is 47.4 Å². The Kier molecular flexibility index (Phi) is 6.68. The van der Waals surface area contributed by atoms with Crippen molar-refractivity contribution in [2.45, 2.75) is 52.3 Å². The van der Waals surface area contributed by atoms with Gasteiger partial charge in [0.1, 0.15) is 5.37 Å². The predicted octanol–water partition coefficient (Wildman–Crippen LogP) is 5.79. The van der Waals surface area contributed by atoms with Crippen LogP contribution in [0, 0.1) is 5.41 Å². The zero-order valence-electron chi connectivity index (χ0n) is 17.7. The number of thioether (sulfide) groups is 1. The van der Waals surface area contributed by atoms with Crippen molar-refractivity contribution in [3.05, 3.63) is 59.7 Å². The molecule has 1 saturated heterocycles. The van der Waals surface area contributed by atoms with Crippen molar-refractivity contribution in [2.75, 3.05) is 16.0 Å². The van der Waals surface area contributed by atoms with Gasteiger partial charge in [0.2, 0.25) is 11.8 Å². The van der Waals surface area contributed by atoms with E-state index in [2.05, 4.69) is 39.1 Å². The largest absolute Gasteiger partial charge is 0.326 e. The zero-order chi connectivity index (χ0) is 21.0. The smallest absolute Gasteiger partial charge is 0.238 e. The number of amides is 2. The molecule has 0 aliphatic carbocycles. The number of benzene rings is 2. The minimum atomic E-state index is -0.0444. The third-order valence-corrected chi connectivity index (χ3v) is 6.02. The minimum Gasteiger partial charge on any atom is -0.326 e. The number of nitrogens with one attached hydrogen (secondary N) is 1. The Balaban J connectivity index is 1.79. The maximum absolute atomic E-state index is 12.7.